The van der Waals surface area contributed by atoms with Crippen molar-refractivity contribution in [2.75, 3.05) is 13.2 Å². The van der Waals surface area contributed by atoms with E-state index in [1.54, 1.807) is 0 Å². The fraction of sp³-hybridized carbons (Fsp3) is 0.400. The zero-order chi connectivity index (χ0) is 13.2. The summed E-state index contributed by atoms with van der Waals surface area (Å²) in [4.78, 5) is 0. The van der Waals surface area contributed by atoms with Gasteiger partial charge in [0.15, 0.2) is 0 Å². The fourth-order valence-electron chi connectivity index (χ4n) is 2.73. The highest BCUT2D eigenvalue weighted by molar-refractivity contribution is 5.37. The first-order valence-corrected chi connectivity index (χ1v) is 6.67. The number of hydrogen-bond acceptors (Lipinski definition) is 2. The molecule has 3 rings (SSSR count). The third-order valence-corrected chi connectivity index (χ3v) is 3.66. The number of hydrogen-bond donors (Lipinski definition) is 1. The molecule has 0 amide bonds. The molecule has 1 radical (unpaired) electrons. The van der Waals surface area contributed by atoms with Crippen molar-refractivity contribution in [2.45, 2.75) is 18.9 Å². The summed E-state index contributed by atoms with van der Waals surface area (Å²) in [5, 5.41) is 18.2. The minimum atomic E-state index is 0.0786. The summed E-state index contributed by atoms with van der Waals surface area (Å²) >= 11 is 0. The molecular weight excluding hydrogens is 238 g/mol. The van der Waals surface area contributed by atoms with E-state index in [1.807, 2.05) is 11.7 Å². The van der Waals surface area contributed by atoms with Crippen LogP contribution in [0.25, 0.3) is 0 Å². The minimum absolute atomic E-state index is 0.0786. The number of aliphatic hydroxyl groups is 1. The molecule has 4 heteroatoms. The van der Waals surface area contributed by atoms with Gasteiger partial charge >= 0.3 is 0 Å². The van der Waals surface area contributed by atoms with Gasteiger partial charge in [-0.25, -0.2) is 5.32 Å². The molecular formula is C15H18N3O. The van der Waals surface area contributed by atoms with Crippen LogP contribution in [-0.4, -0.2) is 28.0 Å². The molecule has 2 aromatic rings. The average Bonchev–Trinajstić information content (AvgIpc) is 2.79. The molecule has 0 fully saturated rings. The molecule has 0 bridgehead atoms. The number of nitrogens with zero attached hydrogens (tertiary/aromatic N) is 3. The topological polar surface area (TPSA) is 52.1 Å². The van der Waals surface area contributed by atoms with Gasteiger partial charge in [-0.15, -0.1) is 0 Å². The Bertz CT molecular complexity index is 577. The van der Waals surface area contributed by atoms with Gasteiger partial charge in [0.05, 0.1) is 17.4 Å². The highest BCUT2D eigenvalue weighted by Gasteiger charge is 2.24. The van der Waals surface area contributed by atoms with Gasteiger partial charge in [0, 0.05) is 26.6 Å². The van der Waals surface area contributed by atoms with Gasteiger partial charge in [0.2, 0.25) is 0 Å². The van der Waals surface area contributed by atoms with Crippen molar-refractivity contribution in [3.05, 3.63) is 52.8 Å². The Hall–Kier alpha value is -1.65. The van der Waals surface area contributed by atoms with Crippen LogP contribution in [0.15, 0.2) is 30.3 Å². The molecule has 99 valence electrons. The summed E-state index contributed by atoms with van der Waals surface area (Å²) in [7, 11) is 1.95. The highest BCUT2D eigenvalue weighted by Crippen LogP contribution is 2.29. The van der Waals surface area contributed by atoms with E-state index in [4.69, 9.17) is 10.4 Å². The maximum absolute atomic E-state index is 9.02. The molecule has 1 N–H and O–H groups in total. The van der Waals surface area contributed by atoms with Crippen LogP contribution in [0.4, 0.5) is 0 Å². The molecule has 19 heavy (non-hydrogen) atoms. The van der Waals surface area contributed by atoms with Crippen LogP contribution in [0.2, 0.25) is 0 Å². The highest BCUT2D eigenvalue weighted by atomic mass is 16.3. The van der Waals surface area contributed by atoms with E-state index in [-0.39, 0.29) is 12.6 Å². The number of benzene rings is 1. The van der Waals surface area contributed by atoms with Gasteiger partial charge in [0.1, 0.15) is 0 Å². The molecule has 1 aliphatic rings. The molecule has 0 saturated carbocycles. The van der Waals surface area contributed by atoms with E-state index in [0.29, 0.717) is 6.42 Å². The molecule has 0 spiro atoms. The van der Waals surface area contributed by atoms with Gasteiger partial charge in [-0.3, -0.25) is 4.68 Å². The van der Waals surface area contributed by atoms with Gasteiger partial charge < -0.3 is 5.11 Å². The third-order valence-electron chi connectivity index (χ3n) is 3.66. The first kappa shape index (κ1) is 12.4. The molecule has 2 heterocycles. The summed E-state index contributed by atoms with van der Waals surface area (Å²) in [6.07, 6.45) is 1.62. The van der Waals surface area contributed by atoms with E-state index in [9.17, 15) is 0 Å². The quantitative estimate of drug-likeness (QED) is 0.897. The Balaban J connectivity index is 1.99. The van der Waals surface area contributed by atoms with E-state index in [1.165, 1.54) is 11.1 Å². The van der Waals surface area contributed by atoms with Crippen molar-refractivity contribution in [3.8, 4) is 0 Å². The van der Waals surface area contributed by atoms with E-state index < -0.39 is 0 Å². The molecule has 1 aliphatic heterocycles. The maximum atomic E-state index is 9.02. The Morgan fingerprint density at radius 2 is 2.21 bits per heavy atom. The van der Waals surface area contributed by atoms with Crippen molar-refractivity contribution in [1.29, 1.82) is 0 Å². The standard InChI is InChI=1S/C15H18N3O/c1-18-14(10-12(17-18)7-9-19)15-13-5-3-2-4-11(13)6-8-16-15/h2-5,10,15,19H,6-9H2,1H3. The van der Waals surface area contributed by atoms with Crippen LogP contribution < -0.4 is 5.32 Å². The number of aromatic nitrogens is 2. The third kappa shape index (κ3) is 2.29. The second-order valence-electron chi connectivity index (χ2n) is 4.92. The average molecular weight is 256 g/mol. The fourth-order valence-corrected chi connectivity index (χ4v) is 2.73. The SMILES string of the molecule is Cn1nc(CCO)cc1C1[N]CCc2ccccc21. The molecule has 1 aromatic carbocycles. The molecule has 0 aliphatic carbocycles. The lowest BCUT2D eigenvalue weighted by Crippen LogP contribution is -2.26. The van der Waals surface area contributed by atoms with Crippen LogP contribution >= 0.6 is 0 Å². The Morgan fingerprint density at radius 1 is 1.37 bits per heavy atom. The van der Waals surface area contributed by atoms with Crippen molar-refractivity contribution >= 4 is 0 Å². The first-order valence-electron chi connectivity index (χ1n) is 6.67. The largest absolute Gasteiger partial charge is 0.396 e. The van der Waals surface area contributed by atoms with Crippen LogP contribution in [0.5, 0.6) is 0 Å². The number of aliphatic hydroxyl groups excluding tert-OH is 1. The van der Waals surface area contributed by atoms with Crippen molar-refractivity contribution < 1.29 is 5.11 Å². The van der Waals surface area contributed by atoms with E-state index in [0.717, 1.165) is 24.4 Å². The smallest absolute Gasteiger partial charge is 0.0916 e. The van der Waals surface area contributed by atoms with Gasteiger partial charge in [-0.2, -0.15) is 5.10 Å². The number of fused-ring (bicyclic) bond motifs is 1. The zero-order valence-electron chi connectivity index (χ0n) is 11.1. The second kappa shape index (κ2) is 5.15. The predicted octanol–water partition coefficient (Wildman–Crippen LogP) is 1.20. The Kier molecular flexibility index (Phi) is 3.36. The molecule has 1 unspecified atom stereocenters. The molecule has 0 saturated heterocycles. The van der Waals surface area contributed by atoms with E-state index in [2.05, 4.69) is 35.4 Å². The summed E-state index contributed by atoms with van der Waals surface area (Å²) in [5.74, 6) is 0. The normalized spacial score (nSPS) is 18.3. The van der Waals surface area contributed by atoms with Gasteiger partial charge in [0.25, 0.3) is 0 Å². The summed E-state index contributed by atoms with van der Waals surface area (Å²) in [6.45, 7) is 0.997. The second-order valence-corrected chi connectivity index (χ2v) is 4.92. The zero-order valence-corrected chi connectivity index (χ0v) is 11.1. The van der Waals surface area contributed by atoms with Crippen LogP contribution in [-0.2, 0) is 19.9 Å². The summed E-state index contributed by atoms with van der Waals surface area (Å²) in [5.41, 5.74) is 4.70. The summed E-state index contributed by atoms with van der Waals surface area (Å²) < 4.78 is 1.89. The van der Waals surface area contributed by atoms with Crippen molar-refractivity contribution in [3.63, 3.8) is 0 Å². The summed E-state index contributed by atoms with van der Waals surface area (Å²) in [6, 6.07) is 10.6. The Morgan fingerprint density at radius 3 is 3.05 bits per heavy atom. The van der Waals surface area contributed by atoms with E-state index >= 15 is 0 Å². The van der Waals surface area contributed by atoms with Crippen molar-refractivity contribution in [1.82, 2.24) is 15.1 Å². The monoisotopic (exact) mass is 256 g/mol. The van der Waals surface area contributed by atoms with Gasteiger partial charge in [-0.1, -0.05) is 24.3 Å². The molecule has 1 aromatic heterocycles. The Labute approximate surface area is 113 Å². The van der Waals surface area contributed by atoms with Crippen LogP contribution in [0.1, 0.15) is 28.6 Å². The number of rotatable bonds is 3. The lowest BCUT2D eigenvalue weighted by molar-refractivity contribution is 0.298. The number of aryl methyl sites for hydroxylation is 1. The predicted molar refractivity (Wildman–Crippen MR) is 73.0 cm³/mol. The lowest BCUT2D eigenvalue weighted by atomic mass is 9.92. The maximum Gasteiger partial charge on any atom is 0.0916 e. The first-order chi connectivity index (χ1) is 9.29. The molecule has 4 nitrogen and oxygen atoms in total. The lowest BCUT2D eigenvalue weighted by Gasteiger charge is -2.25. The van der Waals surface area contributed by atoms with Crippen LogP contribution in [0.3, 0.4) is 0 Å². The van der Waals surface area contributed by atoms with Crippen molar-refractivity contribution in [2.24, 2.45) is 7.05 Å². The molecule has 1 atom stereocenters. The minimum Gasteiger partial charge on any atom is -0.396 e. The van der Waals surface area contributed by atoms with Gasteiger partial charge in [-0.05, 0) is 23.6 Å². The van der Waals surface area contributed by atoms with Crippen LogP contribution in [0, 0.1) is 0 Å².